The van der Waals surface area contributed by atoms with Crippen LogP contribution in [0.1, 0.15) is 31.2 Å². The lowest BCUT2D eigenvalue weighted by Gasteiger charge is -2.30. The molecule has 0 spiro atoms. The number of carbonyl (C=O) groups is 1. The highest BCUT2D eigenvalue weighted by molar-refractivity contribution is 7.88. The fraction of sp³-hybridized carbons (Fsp3) is 0.692. The SMILES string of the molecule is CCOC(=O)C1CCCN(S(=O)(=O)Cc2cc(C)on2)C1. The lowest BCUT2D eigenvalue weighted by molar-refractivity contribution is -0.149. The van der Waals surface area contributed by atoms with Crippen molar-refractivity contribution in [3.63, 3.8) is 0 Å². The normalized spacial score (nSPS) is 20.4. The molecular formula is C13H20N2O5S. The van der Waals surface area contributed by atoms with Crippen molar-refractivity contribution in [1.29, 1.82) is 0 Å². The van der Waals surface area contributed by atoms with Crippen LogP contribution < -0.4 is 0 Å². The molecule has 1 aliphatic rings. The van der Waals surface area contributed by atoms with Crippen LogP contribution in [0, 0.1) is 12.8 Å². The number of sulfonamides is 1. The van der Waals surface area contributed by atoms with Gasteiger partial charge in [0.05, 0.1) is 12.5 Å². The van der Waals surface area contributed by atoms with Gasteiger partial charge in [0.1, 0.15) is 17.2 Å². The zero-order valence-corrected chi connectivity index (χ0v) is 13.1. The van der Waals surface area contributed by atoms with Crippen molar-refractivity contribution in [1.82, 2.24) is 9.46 Å². The molecule has 0 bridgehead atoms. The smallest absolute Gasteiger partial charge is 0.310 e. The van der Waals surface area contributed by atoms with Crippen LogP contribution >= 0.6 is 0 Å². The Morgan fingerprint density at radius 3 is 2.95 bits per heavy atom. The first-order valence-electron chi connectivity index (χ1n) is 6.99. The van der Waals surface area contributed by atoms with E-state index in [4.69, 9.17) is 9.26 Å². The van der Waals surface area contributed by atoms with E-state index in [0.717, 1.165) is 0 Å². The van der Waals surface area contributed by atoms with E-state index in [2.05, 4.69) is 5.16 Å². The van der Waals surface area contributed by atoms with Gasteiger partial charge in [-0.2, -0.15) is 0 Å². The Balaban J connectivity index is 2.04. The molecule has 0 aliphatic carbocycles. The first kappa shape index (κ1) is 16.0. The van der Waals surface area contributed by atoms with Gasteiger partial charge in [-0.3, -0.25) is 4.79 Å². The molecule has 1 fully saturated rings. The van der Waals surface area contributed by atoms with Gasteiger partial charge < -0.3 is 9.26 Å². The second kappa shape index (κ2) is 6.57. The number of aromatic nitrogens is 1. The van der Waals surface area contributed by atoms with Crippen LogP contribution in [0.15, 0.2) is 10.6 Å². The summed E-state index contributed by atoms with van der Waals surface area (Å²) in [5.74, 6) is -0.342. The van der Waals surface area contributed by atoms with Crippen molar-refractivity contribution in [2.75, 3.05) is 19.7 Å². The summed E-state index contributed by atoms with van der Waals surface area (Å²) in [4.78, 5) is 11.8. The molecule has 8 heteroatoms. The molecule has 21 heavy (non-hydrogen) atoms. The molecule has 0 radical (unpaired) electrons. The molecule has 1 unspecified atom stereocenters. The quantitative estimate of drug-likeness (QED) is 0.755. The second-order valence-corrected chi connectivity index (χ2v) is 7.10. The molecule has 0 saturated carbocycles. The van der Waals surface area contributed by atoms with Gasteiger partial charge in [-0.1, -0.05) is 5.16 Å². The Hall–Kier alpha value is -1.41. The van der Waals surface area contributed by atoms with Gasteiger partial charge in [-0.25, -0.2) is 12.7 Å². The van der Waals surface area contributed by atoms with E-state index in [0.29, 0.717) is 37.4 Å². The molecule has 118 valence electrons. The Morgan fingerprint density at radius 1 is 1.57 bits per heavy atom. The van der Waals surface area contributed by atoms with E-state index in [1.807, 2.05) is 0 Å². The van der Waals surface area contributed by atoms with Crippen molar-refractivity contribution in [3.05, 3.63) is 17.5 Å². The predicted octanol–water partition coefficient (Wildman–Crippen LogP) is 1.09. The number of esters is 1. The summed E-state index contributed by atoms with van der Waals surface area (Å²) in [5.41, 5.74) is 0.380. The minimum absolute atomic E-state index is 0.179. The summed E-state index contributed by atoms with van der Waals surface area (Å²) >= 11 is 0. The van der Waals surface area contributed by atoms with Crippen molar-refractivity contribution < 1.29 is 22.5 Å². The Labute approximate surface area is 124 Å². The number of aryl methyl sites for hydroxylation is 1. The van der Waals surface area contributed by atoms with Gasteiger partial charge >= 0.3 is 5.97 Å². The highest BCUT2D eigenvalue weighted by Gasteiger charge is 2.33. The summed E-state index contributed by atoms with van der Waals surface area (Å²) in [6.45, 7) is 4.36. The fourth-order valence-corrected chi connectivity index (χ4v) is 3.92. The standard InChI is InChI=1S/C13H20N2O5S/c1-3-19-13(16)11-5-4-6-15(8-11)21(17,18)9-12-7-10(2)20-14-12/h7,11H,3-6,8-9H2,1-2H3. The number of carbonyl (C=O) groups excluding carboxylic acids is 1. The highest BCUT2D eigenvalue weighted by atomic mass is 32.2. The molecule has 1 aromatic heterocycles. The molecule has 1 saturated heterocycles. The third-order valence-corrected chi connectivity index (χ3v) is 5.18. The zero-order valence-electron chi connectivity index (χ0n) is 12.2. The molecule has 0 aromatic carbocycles. The third kappa shape index (κ3) is 4.04. The minimum Gasteiger partial charge on any atom is -0.466 e. The fourth-order valence-electron chi connectivity index (χ4n) is 2.41. The van der Waals surface area contributed by atoms with Crippen molar-refractivity contribution in [3.8, 4) is 0 Å². The van der Waals surface area contributed by atoms with E-state index >= 15 is 0 Å². The maximum Gasteiger partial charge on any atom is 0.310 e. The minimum atomic E-state index is -3.50. The van der Waals surface area contributed by atoms with E-state index in [1.165, 1.54) is 4.31 Å². The lowest BCUT2D eigenvalue weighted by atomic mass is 10.0. The molecular weight excluding hydrogens is 296 g/mol. The summed E-state index contributed by atoms with van der Waals surface area (Å²) in [6.07, 6.45) is 1.31. The molecule has 0 amide bonds. The summed E-state index contributed by atoms with van der Waals surface area (Å²) < 4.78 is 36.0. The third-order valence-electron chi connectivity index (χ3n) is 3.40. The summed E-state index contributed by atoms with van der Waals surface area (Å²) in [5, 5.41) is 3.71. The topological polar surface area (TPSA) is 89.7 Å². The maximum atomic E-state index is 12.4. The van der Waals surface area contributed by atoms with Gasteiger partial charge in [-0.15, -0.1) is 0 Å². The van der Waals surface area contributed by atoms with Crippen LogP contribution in [-0.4, -0.2) is 43.5 Å². The van der Waals surface area contributed by atoms with Crippen LogP contribution in [-0.2, 0) is 25.3 Å². The first-order valence-corrected chi connectivity index (χ1v) is 8.60. The van der Waals surface area contributed by atoms with Crippen molar-refractivity contribution in [2.45, 2.75) is 32.4 Å². The number of hydrogen-bond acceptors (Lipinski definition) is 6. The number of rotatable bonds is 5. The van der Waals surface area contributed by atoms with Gasteiger partial charge in [-0.05, 0) is 26.7 Å². The zero-order chi connectivity index (χ0) is 15.5. The van der Waals surface area contributed by atoms with Gasteiger partial charge in [0.15, 0.2) is 0 Å². The molecule has 2 heterocycles. The number of nitrogens with zero attached hydrogens (tertiary/aromatic N) is 2. The Morgan fingerprint density at radius 2 is 2.33 bits per heavy atom. The molecule has 7 nitrogen and oxygen atoms in total. The first-order chi connectivity index (χ1) is 9.92. The van der Waals surface area contributed by atoms with Gasteiger partial charge in [0, 0.05) is 19.2 Å². The molecule has 0 N–H and O–H groups in total. The average molecular weight is 316 g/mol. The number of piperidine rings is 1. The second-order valence-electron chi connectivity index (χ2n) is 5.13. The van der Waals surface area contributed by atoms with Gasteiger partial charge in [0.2, 0.25) is 10.0 Å². The van der Waals surface area contributed by atoms with E-state index in [9.17, 15) is 13.2 Å². The van der Waals surface area contributed by atoms with E-state index in [1.54, 1.807) is 19.9 Å². The summed E-state index contributed by atoms with van der Waals surface area (Å²) in [7, 11) is -3.50. The van der Waals surface area contributed by atoms with E-state index < -0.39 is 10.0 Å². The van der Waals surface area contributed by atoms with Crippen LogP contribution in [0.5, 0.6) is 0 Å². The maximum absolute atomic E-state index is 12.4. The van der Waals surface area contributed by atoms with Crippen molar-refractivity contribution >= 4 is 16.0 Å². The van der Waals surface area contributed by atoms with Crippen molar-refractivity contribution in [2.24, 2.45) is 5.92 Å². The Bertz CT molecular complexity index is 595. The van der Waals surface area contributed by atoms with Crippen LogP contribution in [0.3, 0.4) is 0 Å². The summed E-state index contributed by atoms with van der Waals surface area (Å²) in [6, 6.07) is 1.60. The van der Waals surface area contributed by atoms with Gasteiger partial charge in [0.25, 0.3) is 0 Å². The monoisotopic (exact) mass is 316 g/mol. The Kier molecular flexibility index (Phi) is 5.00. The van der Waals surface area contributed by atoms with E-state index in [-0.39, 0.29) is 24.2 Å². The van der Waals surface area contributed by atoms with Crippen LogP contribution in [0.25, 0.3) is 0 Å². The lowest BCUT2D eigenvalue weighted by Crippen LogP contribution is -2.43. The van der Waals surface area contributed by atoms with Crippen LogP contribution in [0.2, 0.25) is 0 Å². The molecule has 1 atom stereocenters. The number of hydrogen-bond donors (Lipinski definition) is 0. The highest BCUT2D eigenvalue weighted by Crippen LogP contribution is 2.22. The molecule has 1 aliphatic heterocycles. The predicted molar refractivity (Wildman–Crippen MR) is 74.8 cm³/mol. The van der Waals surface area contributed by atoms with Crippen LogP contribution in [0.4, 0.5) is 0 Å². The largest absolute Gasteiger partial charge is 0.466 e. The molecule has 1 aromatic rings. The number of ether oxygens (including phenoxy) is 1. The molecule has 2 rings (SSSR count). The average Bonchev–Trinajstić information content (AvgIpc) is 2.84.